The second kappa shape index (κ2) is 5.54. The highest BCUT2D eigenvalue weighted by Crippen LogP contribution is 2.23. The Morgan fingerprint density at radius 1 is 1.56 bits per heavy atom. The van der Waals surface area contributed by atoms with Gasteiger partial charge in [0.15, 0.2) is 0 Å². The van der Waals surface area contributed by atoms with Crippen LogP contribution in [0.4, 0.5) is 0 Å². The molecule has 2 heterocycles. The lowest BCUT2D eigenvalue weighted by Gasteiger charge is -2.12. The molecular formula is C13H19N3OS. The number of aryl methyl sites for hydroxylation is 2. The predicted molar refractivity (Wildman–Crippen MR) is 74.1 cm³/mol. The van der Waals surface area contributed by atoms with E-state index >= 15 is 0 Å². The SMILES string of the molecule is COc1c(CNC(C)c2cccs2)c(C)nn1C. The fraction of sp³-hybridized carbons (Fsp3) is 0.462. The zero-order valence-corrected chi connectivity index (χ0v) is 12.0. The lowest BCUT2D eigenvalue weighted by Crippen LogP contribution is -2.17. The Kier molecular flexibility index (Phi) is 4.04. The van der Waals surface area contributed by atoms with Gasteiger partial charge in [0.1, 0.15) is 0 Å². The largest absolute Gasteiger partial charge is 0.481 e. The highest BCUT2D eigenvalue weighted by atomic mass is 32.1. The highest BCUT2D eigenvalue weighted by molar-refractivity contribution is 7.10. The summed E-state index contributed by atoms with van der Waals surface area (Å²) >= 11 is 1.77. The van der Waals surface area contributed by atoms with E-state index in [0.717, 1.165) is 23.7 Å². The molecule has 2 aromatic rings. The van der Waals surface area contributed by atoms with E-state index < -0.39 is 0 Å². The summed E-state index contributed by atoms with van der Waals surface area (Å²) in [6.07, 6.45) is 0. The summed E-state index contributed by atoms with van der Waals surface area (Å²) < 4.78 is 7.16. The Hall–Kier alpha value is -1.33. The Labute approximate surface area is 112 Å². The molecule has 98 valence electrons. The fourth-order valence-corrected chi connectivity index (χ4v) is 2.79. The molecule has 18 heavy (non-hydrogen) atoms. The van der Waals surface area contributed by atoms with Gasteiger partial charge in [0.2, 0.25) is 5.88 Å². The van der Waals surface area contributed by atoms with E-state index in [4.69, 9.17) is 4.74 Å². The first kappa shape index (κ1) is 13.1. The average Bonchev–Trinajstić information content (AvgIpc) is 2.94. The quantitative estimate of drug-likeness (QED) is 0.903. The minimum Gasteiger partial charge on any atom is -0.481 e. The molecule has 0 spiro atoms. The van der Waals surface area contributed by atoms with E-state index in [-0.39, 0.29) is 0 Å². The van der Waals surface area contributed by atoms with Gasteiger partial charge in [-0.3, -0.25) is 0 Å². The van der Waals surface area contributed by atoms with Crippen LogP contribution in [0.2, 0.25) is 0 Å². The van der Waals surface area contributed by atoms with Crippen LogP contribution in [0, 0.1) is 6.92 Å². The normalized spacial score (nSPS) is 12.7. The van der Waals surface area contributed by atoms with Gasteiger partial charge in [0.25, 0.3) is 0 Å². The molecule has 0 saturated carbocycles. The molecule has 0 aromatic carbocycles. The standard InChI is InChI=1S/C13H19N3OS/c1-9-11(13(17-4)16(3)15-9)8-14-10(2)12-6-5-7-18-12/h5-7,10,14H,8H2,1-4H3. The van der Waals surface area contributed by atoms with Crippen LogP contribution in [0.3, 0.4) is 0 Å². The van der Waals surface area contributed by atoms with Crippen molar-refractivity contribution in [2.24, 2.45) is 7.05 Å². The van der Waals surface area contributed by atoms with E-state index in [1.807, 2.05) is 14.0 Å². The first-order valence-corrected chi connectivity index (χ1v) is 6.84. The third kappa shape index (κ3) is 2.57. The molecule has 4 nitrogen and oxygen atoms in total. The number of nitrogens with zero attached hydrogens (tertiary/aromatic N) is 2. The molecule has 0 fully saturated rings. The number of nitrogens with one attached hydrogen (secondary N) is 1. The van der Waals surface area contributed by atoms with E-state index in [1.54, 1.807) is 23.1 Å². The van der Waals surface area contributed by atoms with Crippen molar-refractivity contribution in [3.05, 3.63) is 33.6 Å². The molecule has 5 heteroatoms. The molecule has 0 aliphatic rings. The number of hydrogen-bond acceptors (Lipinski definition) is 4. The maximum absolute atomic E-state index is 5.38. The lowest BCUT2D eigenvalue weighted by atomic mass is 10.2. The molecule has 0 saturated heterocycles. The van der Waals surface area contributed by atoms with Crippen molar-refractivity contribution in [2.75, 3.05) is 7.11 Å². The zero-order valence-electron chi connectivity index (χ0n) is 11.2. The van der Waals surface area contributed by atoms with Crippen LogP contribution in [-0.4, -0.2) is 16.9 Å². The third-order valence-corrected chi connectivity index (χ3v) is 4.09. The van der Waals surface area contributed by atoms with Gasteiger partial charge in [0, 0.05) is 24.5 Å². The van der Waals surface area contributed by atoms with Crippen molar-refractivity contribution in [2.45, 2.75) is 26.4 Å². The maximum Gasteiger partial charge on any atom is 0.216 e. The number of aromatic nitrogens is 2. The van der Waals surface area contributed by atoms with E-state index in [9.17, 15) is 0 Å². The van der Waals surface area contributed by atoms with Crippen molar-refractivity contribution in [1.82, 2.24) is 15.1 Å². The second-order valence-corrected chi connectivity index (χ2v) is 5.29. The van der Waals surface area contributed by atoms with Crippen molar-refractivity contribution >= 4 is 11.3 Å². The Morgan fingerprint density at radius 3 is 2.94 bits per heavy atom. The minimum atomic E-state index is 0.342. The van der Waals surface area contributed by atoms with Crippen LogP contribution in [0.1, 0.15) is 29.1 Å². The monoisotopic (exact) mass is 265 g/mol. The van der Waals surface area contributed by atoms with Crippen LogP contribution < -0.4 is 10.1 Å². The van der Waals surface area contributed by atoms with Crippen LogP contribution >= 0.6 is 11.3 Å². The highest BCUT2D eigenvalue weighted by Gasteiger charge is 2.15. The summed E-state index contributed by atoms with van der Waals surface area (Å²) in [5.74, 6) is 0.832. The number of thiophene rings is 1. The fourth-order valence-electron chi connectivity index (χ4n) is 2.03. The average molecular weight is 265 g/mol. The molecule has 0 bridgehead atoms. The van der Waals surface area contributed by atoms with Gasteiger partial charge in [-0.05, 0) is 25.3 Å². The van der Waals surface area contributed by atoms with Crippen LogP contribution in [-0.2, 0) is 13.6 Å². The molecule has 0 aliphatic carbocycles. The van der Waals surface area contributed by atoms with Gasteiger partial charge in [-0.25, -0.2) is 4.68 Å². The first-order chi connectivity index (χ1) is 8.63. The van der Waals surface area contributed by atoms with Crippen molar-refractivity contribution < 1.29 is 4.74 Å². The molecule has 0 radical (unpaired) electrons. The molecule has 2 rings (SSSR count). The number of methoxy groups -OCH3 is 1. The molecule has 1 atom stereocenters. The number of rotatable bonds is 5. The van der Waals surface area contributed by atoms with Gasteiger partial charge >= 0.3 is 0 Å². The Bertz CT molecular complexity index is 505. The second-order valence-electron chi connectivity index (χ2n) is 4.31. The summed E-state index contributed by atoms with van der Waals surface area (Å²) in [6, 6.07) is 4.57. The number of ether oxygens (including phenoxy) is 1. The van der Waals surface area contributed by atoms with Gasteiger partial charge in [-0.15, -0.1) is 11.3 Å². The van der Waals surface area contributed by atoms with Crippen molar-refractivity contribution in [3.8, 4) is 5.88 Å². The van der Waals surface area contributed by atoms with Crippen LogP contribution in [0.5, 0.6) is 5.88 Å². The predicted octanol–water partition coefficient (Wildman–Crippen LogP) is 2.65. The van der Waals surface area contributed by atoms with E-state index in [0.29, 0.717) is 6.04 Å². The summed E-state index contributed by atoms with van der Waals surface area (Å²) in [5, 5.41) is 9.98. The van der Waals surface area contributed by atoms with E-state index in [2.05, 4.69) is 34.9 Å². The van der Waals surface area contributed by atoms with Crippen molar-refractivity contribution in [1.29, 1.82) is 0 Å². The Morgan fingerprint density at radius 2 is 2.33 bits per heavy atom. The van der Waals surface area contributed by atoms with Gasteiger partial charge < -0.3 is 10.1 Å². The Balaban J connectivity index is 2.06. The first-order valence-electron chi connectivity index (χ1n) is 5.96. The minimum absolute atomic E-state index is 0.342. The van der Waals surface area contributed by atoms with E-state index in [1.165, 1.54) is 4.88 Å². The molecule has 1 N–H and O–H groups in total. The molecule has 0 amide bonds. The molecule has 2 aromatic heterocycles. The maximum atomic E-state index is 5.38. The van der Waals surface area contributed by atoms with Gasteiger partial charge in [0.05, 0.1) is 18.4 Å². The summed E-state index contributed by atoms with van der Waals surface area (Å²) in [5.41, 5.74) is 2.14. The number of hydrogen-bond donors (Lipinski definition) is 1. The van der Waals surface area contributed by atoms with Crippen LogP contribution in [0.25, 0.3) is 0 Å². The topological polar surface area (TPSA) is 39.1 Å². The van der Waals surface area contributed by atoms with Gasteiger partial charge in [-0.1, -0.05) is 6.07 Å². The molecular weight excluding hydrogens is 246 g/mol. The lowest BCUT2D eigenvalue weighted by molar-refractivity contribution is 0.367. The van der Waals surface area contributed by atoms with Crippen molar-refractivity contribution in [3.63, 3.8) is 0 Å². The summed E-state index contributed by atoms with van der Waals surface area (Å²) in [4.78, 5) is 1.34. The smallest absolute Gasteiger partial charge is 0.216 e. The third-order valence-electron chi connectivity index (χ3n) is 3.04. The molecule has 1 unspecified atom stereocenters. The molecule has 0 aliphatic heterocycles. The van der Waals surface area contributed by atoms with Crippen LogP contribution in [0.15, 0.2) is 17.5 Å². The van der Waals surface area contributed by atoms with Gasteiger partial charge in [-0.2, -0.15) is 5.10 Å². The summed E-state index contributed by atoms with van der Waals surface area (Å²) in [6.45, 7) is 4.95. The zero-order chi connectivity index (χ0) is 13.1. The summed E-state index contributed by atoms with van der Waals surface area (Å²) in [7, 11) is 3.58.